The molecule has 1 aliphatic heterocycles. The number of sulfone groups is 1. The Bertz CT molecular complexity index is 493. The van der Waals surface area contributed by atoms with Crippen LogP contribution in [-0.2, 0) is 19.4 Å². The first-order valence-electron chi connectivity index (χ1n) is 6.37. The summed E-state index contributed by atoms with van der Waals surface area (Å²) in [5.41, 5.74) is -2.16. The quantitative estimate of drug-likeness (QED) is 0.797. The Kier molecular flexibility index (Phi) is 4.68. The minimum absolute atomic E-state index is 0.00549. The van der Waals surface area contributed by atoms with Gasteiger partial charge in [0.25, 0.3) is 0 Å². The van der Waals surface area contributed by atoms with Gasteiger partial charge in [0.1, 0.15) is 5.60 Å². The fourth-order valence-electron chi connectivity index (χ4n) is 2.14. The first-order valence-corrected chi connectivity index (χ1v) is 8.19. The molecule has 1 aliphatic rings. The van der Waals surface area contributed by atoms with Gasteiger partial charge in [0.15, 0.2) is 9.84 Å². The molecule has 0 radical (unpaired) electrons. The van der Waals surface area contributed by atoms with Gasteiger partial charge >= 0.3 is 12.1 Å². The Balaban J connectivity index is 2.74. The number of carbonyl (C=O) groups excluding carboxylic acids is 1. The summed E-state index contributed by atoms with van der Waals surface area (Å²) >= 11 is 0. The van der Waals surface area contributed by atoms with Gasteiger partial charge in [-0.3, -0.25) is 4.79 Å². The van der Waals surface area contributed by atoms with Crippen molar-refractivity contribution in [3.05, 3.63) is 0 Å². The van der Waals surface area contributed by atoms with E-state index in [0.717, 1.165) is 0 Å². The zero-order chi connectivity index (χ0) is 15.6. The fraction of sp³-hybridized carbons (Fsp3) is 0.833. The second-order valence-corrected chi connectivity index (χ2v) is 8.32. The molecule has 1 unspecified atom stereocenters. The van der Waals surface area contributed by atoms with Crippen molar-refractivity contribution in [2.45, 2.75) is 39.2 Å². The van der Waals surface area contributed by atoms with Gasteiger partial charge in [0.05, 0.1) is 16.9 Å². The number of carboxylic acid groups (broad SMARTS) is 1. The van der Waals surface area contributed by atoms with Gasteiger partial charge in [0.2, 0.25) is 0 Å². The van der Waals surface area contributed by atoms with Gasteiger partial charge < -0.3 is 15.2 Å². The SMILES string of the molecule is CC(C)(C)OC(=O)NCC1(C(=O)O)CCCS(=O)(=O)C1. The van der Waals surface area contributed by atoms with E-state index in [1.165, 1.54) is 0 Å². The van der Waals surface area contributed by atoms with Crippen LogP contribution in [0.3, 0.4) is 0 Å². The van der Waals surface area contributed by atoms with E-state index >= 15 is 0 Å². The highest BCUT2D eigenvalue weighted by molar-refractivity contribution is 7.91. The molecule has 0 aromatic carbocycles. The Hall–Kier alpha value is -1.31. The lowest BCUT2D eigenvalue weighted by Gasteiger charge is -2.33. The maximum Gasteiger partial charge on any atom is 0.407 e. The maximum atomic E-state index is 11.6. The molecule has 1 fully saturated rings. The zero-order valence-corrected chi connectivity index (χ0v) is 12.7. The van der Waals surface area contributed by atoms with Gasteiger partial charge in [-0.15, -0.1) is 0 Å². The van der Waals surface area contributed by atoms with Crippen molar-refractivity contribution >= 4 is 21.9 Å². The highest BCUT2D eigenvalue weighted by Gasteiger charge is 2.45. The molecule has 2 N–H and O–H groups in total. The molecule has 7 nitrogen and oxygen atoms in total. The topological polar surface area (TPSA) is 110 Å². The number of aliphatic carboxylic acids is 1. The summed E-state index contributed by atoms with van der Waals surface area (Å²) in [4.78, 5) is 23.0. The minimum Gasteiger partial charge on any atom is -0.481 e. The molecule has 0 bridgehead atoms. The number of ether oxygens (including phenoxy) is 1. The van der Waals surface area contributed by atoms with Crippen LogP contribution in [0.1, 0.15) is 33.6 Å². The van der Waals surface area contributed by atoms with E-state index in [2.05, 4.69) is 5.32 Å². The molecule has 0 aromatic rings. The molecule has 0 aromatic heterocycles. The lowest BCUT2D eigenvalue weighted by molar-refractivity contribution is -0.148. The predicted octanol–water partition coefficient (Wildman–Crippen LogP) is 0.791. The number of hydrogen-bond donors (Lipinski definition) is 2. The third kappa shape index (κ3) is 4.66. The molecule has 1 amide bonds. The number of alkyl carbamates (subject to hydrolysis) is 1. The molecule has 1 atom stereocenters. The molecule has 116 valence electrons. The number of nitrogens with one attached hydrogen (secondary N) is 1. The van der Waals surface area contributed by atoms with Gasteiger partial charge in [0, 0.05) is 6.54 Å². The standard InChI is InChI=1S/C12H21NO6S/c1-11(2,3)19-10(16)13-7-12(9(14)15)5-4-6-20(17,18)8-12/h4-8H2,1-3H3,(H,13,16)(H,14,15). The van der Waals surface area contributed by atoms with Crippen molar-refractivity contribution in [3.8, 4) is 0 Å². The third-order valence-electron chi connectivity index (χ3n) is 3.03. The lowest BCUT2D eigenvalue weighted by Crippen LogP contribution is -2.50. The summed E-state index contributed by atoms with van der Waals surface area (Å²) in [5, 5.41) is 11.7. The molecular weight excluding hydrogens is 286 g/mol. The average Bonchev–Trinajstić information content (AvgIpc) is 2.22. The van der Waals surface area contributed by atoms with Crippen LogP contribution in [0, 0.1) is 5.41 Å². The Labute approximate surface area is 118 Å². The molecule has 1 heterocycles. The second kappa shape index (κ2) is 5.59. The van der Waals surface area contributed by atoms with Crippen LogP contribution in [0.5, 0.6) is 0 Å². The number of carboxylic acids is 1. The highest BCUT2D eigenvalue weighted by Crippen LogP contribution is 2.31. The molecule has 1 rings (SSSR count). The smallest absolute Gasteiger partial charge is 0.407 e. The Morgan fingerprint density at radius 1 is 1.35 bits per heavy atom. The maximum absolute atomic E-state index is 11.6. The normalized spacial score (nSPS) is 25.8. The molecule has 0 spiro atoms. The Morgan fingerprint density at radius 2 is 1.95 bits per heavy atom. The van der Waals surface area contributed by atoms with Crippen molar-refractivity contribution in [1.82, 2.24) is 5.32 Å². The minimum atomic E-state index is -3.39. The van der Waals surface area contributed by atoms with Crippen molar-refractivity contribution in [1.29, 1.82) is 0 Å². The molecule has 0 saturated carbocycles. The van der Waals surface area contributed by atoms with Crippen molar-refractivity contribution < 1.29 is 27.9 Å². The highest BCUT2D eigenvalue weighted by atomic mass is 32.2. The van der Waals surface area contributed by atoms with Crippen LogP contribution in [0.25, 0.3) is 0 Å². The van der Waals surface area contributed by atoms with Crippen LogP contribution in [-0.4, -0.2) is 49.2 Å². The van der Waals surface area contributed by atoms with Crippen molar-refractivity contribution in [2.75, 3.05) is 18.1 Å². The third-order valence-corrected chi connectivity index (χ3v) is 4.93. The first kappa shape index (κ1) is 16.7. The summed E-state index contributed by atoms with van der Waals surface area (Å²) in [6.07, 6.45) is -0.247. The average molecular weight is 307 g/mol. The van der Waals surface area contributed by atoms with E-state index in [9.17, 15) is 23.1 Å². The van der Waals surface area contributed by atoms with Crippen LogP contribution in [0.15, 0.2) is 0 Å². The van der Waals surface area contributed by atoms with Crippen LogP contribution < -0.4 is 5.32 Å². The monoisotopic (exact) mass is 307 g/mol. The van der Waals surface area contributed by atoms with Gasteiger partial charge in [-0.2, -0.15) is 0 Å². The van der Waals surface area contributed by atoms with E-state index in [1.54, 1.807) is 20.8 Å². The number of amides is 1. The second-order valence-electron chi connectivity index (χ2n) is 6.14. The molecule has 1 saturated heterocycles. The van der Waals surface area contributed by atoms with Crippen molar-refractivity contribution in [2.24, 2.45) is 5.41 Å². The van der Waals surface area contributed by atoms with E-state index in [1.807, 2.05) is 0 Å². The molecule has 20 heavy (non-hydrogen) atoms. The largest absolute Gasteiger partial charge is 0.481 e. The first-order chi connectivity index (χ1) is 8.96. The molecule has 8 heteroatoms. The van der Waals surface area contributed by atoms with Gasteiger partial charge in [-0.05, 0) is 33.6 Å². The van der Waals surface area contributed by atoms with E-state index < -0.39 is 38.7 Å². The number of hydrogen-bond acceptors (Lipinski definition) is 5. The fourth-order valence-corrected chi connectivity index (χ4v) is 4.08. The zero-order valence-electron chi connectivity index (χ0n) is 11.9. The summed E-state index contributed by atoms with van der Waals surface area (Å²) in [6.45, 7) is 4.80. The summed E-state index contributed by atoms with van der Waals surface area (Å²) in [6, 6.07) is 0. The van der Waals surface area contributed by atoms with Crippen LogP contribution in [0.4, 0.5) is 4.79 Å². The summed E-state index contributed by atoms with van der Waals surface area (Å²) in [7, 11) is -3.39. The van der Waals surface area contributed by atoms with E-state index in [-0.39, 0.29) is 25.1 Å². The van der Waals surface area contributed by atoms with Gasteiger partial charge in [-0.1, -0.05) is 0 Å². The number of rotatable bonds is 3. The van der Waals surface area contributed by atoms with Gasteiger partial charge in [-0.25, -0.2) is 13.2 Å². The van der Waals surface area contributed by atoms with Crippen molar-refractivity contribution in [3.63, 3.8) is 0 Å². The summed E-state index contributed by atoms with van der Waals surface area (Å²) < 4.78 is 28.3. The Morgan fingerprint density at radius 3 is 2.40 bits per heavy atom. The van der Waals surface area contributed by atoms with Crippen LogP contribution in [0.2, 0.25) is 0 Å². The summed E-state index contributed by atoms with van der Waals surface area (Å²) in [5.74, 6) is -1.67. The molecular formula is C12H21NO6S. The van der Waals surface area contributed by atoms with Crippen LogP contribution >= 0.6 is 0 Å². The lowest BCUT2D eigenvalue weighted by atomic mass is 9.85. The predicted molar refractivity (Wildman–Crippen MR) is 72.2 cm³/mol. The van der Waals surface area contributed by atoms with E-state index in [0.29, 0.717) is 0 Å². The molecule has 0 aliphatic carbocycles. The number of carbonyl (C=O) groups is 2. The van der Waals surface area contributed by atoms with E-state index in [4.69, 9.17) is 4.74 Å².